The third-order valence-electron chi connectivity index (χ3n) is 5.49. The van der Waals surface area contributed by atoms with Crippen LogP contribution in [0.2, 0.25) is 5.02 Å². The number of aromatic nitrogens is 3. The second-order valence-electron chi connectivity index (χ2n) is 7.43. The van der Waals surface area contributed by atoms with Gasteiger partial charge in [0, 0.05) is 42.9 Å². The largest absolute Gasteiger partial charge is 0.368 e. The molecule has 1 aliphatic heterocycles. The summed E-state index contributed by atoms with van der Waals surface area (Å²) in [6.07, 6.45) is 9.49. The number of rotatable bonds is 4. The Morgan fingerprint density at radius 2 is 1.70 bits per heavy atom. The molecule has 0 atom stereocenters. The Labute approximate surface area is 165 Å². The maximum atomic E-state index is 6.12. The molecule has 27 heavy (non-hydrogen) atoms. The van der Waals surface area contributed by atoms with Gasteiger partial charge in [-0.15, -0.1) is 5.10 Å². The molecule has 7 heteroatoms. The fourth-order valence-corrected chi connectivity index (χ4v) is 4.15. The molecule has 4 rings (SSSR count). The molecule has 1 saturated heterocycles. The molecule has 2 aromatic rings. The Morgan fingerprint density at radius 3 is 2.44 bits per heavy atom. The molecule has 0 bridgehead atoms. The minimum absolute atomic E-state index is 0.511. The van der Waals surface area contributed by atoms with Gasteiger partial charge in [0.1, 0.15) is 0 Å². The molecule has 0 spiro atoms. The lowest BCUT2D eigenvalue weighted by molar-refractivity contribution is 0.612. The number of nitrogens with one attached hydrogen (secondary N) is 1. The summed E-state index contributed by atoms with van der Waals surface area (Å²) >= 11 is 6.12. The van der Waals surface area contributed by atoms with Gasteiger partial charge in [-0.2, -0.15) is 10.1 Å². The van der Waals surface area contributed by atoms with Crippen LogP contribution in [-0.2, 0) is 0 Å². The molecule has 1 saturated carbocycles. The van der Waals surface area contributed by atoms with Crippen LogP contribution in [0.3, 0.4) is 0 Å². The van der Waals surface area contributed by atoms with E-state index in [1.54, 1.807) is 6.20 Å². The number of benzene rings is 1. The summed E-state index contributed by atoms with van der Waals surface area (Å²) in [6.45, 7) is 3.59. The van der Waals surface area contributed by atoms with Crippen molar-refractivity contribution in [3.05, 3.63) is 35.5 Å². The van der Waals surface area contributed by atoms with Crippen molar-refractivity contribution < 1.29 is 0 Å². The quantitative estimate of drug-likeness (QED) is 0.802. The van der Waals surface area contributed by atoms with Gasteiger partial charge >= 0.3 is 0 Å². The van der Waals surface area contributed by atoms with E-state index in [1.807, 2.05) is 18.2 Å². The van der Waals surface area contributed by atoms with Crippen LogP contribution in [0.15, 0.2) is 30.5 Å². The molecule has 2 fully saturated rings. The standard InChI is InChI=1S/C20H27ClN6/c21-16-6-5-9-18(14-16)26-10-12-27(13-11-26)20-24-19(15-22-25-20)23-17-7-3-1-2-4-8-17/h5-6,9,14-15,17H,1-4,7-8,10-13H2,(H,23,24,25). The van der Waals surface area contributed by atoms with E-state index in [4.69, 9.17) is 16.6 Å². The Hall–Kier alpha value is -2.08. The summed E-state index contributed by atoms with van der Waals surface area (Å²) in [7, 11) is 0. The zero-order chi connectivity index (χ0) is 18.5. The van der Waals surface area contributed by atoms with Crippen molar-refractivity contribution in [1.82, 2.24) is 15.2 Å². The van der Waals surface area contributed by atoms with E-state index in [2.05, 4.69) is 31.4 Å². The van der Waals surface area contributed by atoms with Gasteiger partial charge < -0.3 is 15.1 Å². The first-order chi connectivity index (χ1) is 13.3. The maximum absolute atomic E-state index is 6.12. The SMILES string of the molecule is Clc1cccc(N2CCN(c3nncc(NC4CCCCCC4)n3)CC2)c1. The molecule has 2 aliphatic rings. The topological polar surface area (TPSA) is 57.2 Å². The normalized spacial score (nSPS) is 19.0. The van der Waals surface area contributed by atoms with Crippen molar-refractivity contribution in [2.45, 2.75) is 44.6 Å². The van der Waals surface area contributed by atoms with E-state index >= 15 is 0 Å². The van der Waals surface area contributed by atoms with Crippen LogP contribution in [0.1, 0.15) is 38.5 Å². The molecule has 0 radical (unpaired) electrons. The third-order valence-corrected chi connectivity index (χ3v) is 5.73. The first kappa shape index (κ1) is 18.3. The lowest BCUT2D eigenvalue weighted by Gasteiger charge is -2.36. The van der Waals surface area contributed by atoms with Crippen molar-refractivity contribution in [1.29, 1.82) is 0 Å². The van der Waals surface area contributed by atoms with Gasteiger partial charge in [-0.3, -0.25) is 0 Å². The summed E-state index contributed by atoms with van der Waals surface area (Å²) in [6, 6.07) is 8.55. The van der Waals surface area contributed by atoms with Crippen molar-refractivity contribution in [2.24, 2.45) is 0 Å². The van der Waals surface area contributed by atoms with E-state index in [-0.39, 0.29) is 0 Å². The fourth-order valence-electron chi connectivity index (χ4n) is 3.97. The van der Waals surface area contributed by atoms with E-state index in [1.165, 1.54) is 44.2 Å². The molecular weight excluding hydrogens is 360 g/mol. The highest BCUT2D eigenvalue weighted by atomic mass is 35.5. The molecular formula is C20H27ClN6. The second-order valence-corrected chi connectivity index (χ2v) is 7.86. The summed E-state index contributed by atoms with van der Waals surface area (Å²) < 4.78 is 0. The van der Waals surface area contributed by atoms with Crippen LogP contribution in [0.4, 0.5) is 17.5 Å². The van der Waals surface area contributed by atoms with E-state index in [0.29, 0.717) is 6.04 Å². The van der Waals surface area contributed by atoms with Crippen molar-refractivity contribution in [3.8, 4) is 0 Å². The number of halogens is 1. The highest BCUT2D eigenvalue weighted by Crippen LogP contribution is 2.23. The van der Waals surface area contributed by atoms with Gasteiger partial charge in [0.15, 0.2) is 5.82 Å². The van der Waals surface area contributed by atoms with Crippen molar-refractivity contribution in [2.75, 3.05) is 41.3 Å². The van der Waals surface area contributed by atoms with Crippen LogP contribution in [-0.4, -0.2) is 47.4 Å². The predicted octanol–water partition coefficient (Wildman–Crippen LogP) is 3.99. The zero-order valence-electron chi connectivity index (χ0n) is 15.6. The summed E-state index contributed by atoms with van der Waals surface area (Å²) in [5, 5.41) is 12.8. The van der Waals surface area contributed by atoms with Gasteiger partial charge in [0.2, 0.25) is 5.95 Å². The van der Waals surface area contributed by atoms with Gasteiger partial charge in [0.25, 0.3) is 0 Å². The lowest BCUT2D eigenvalue weighted by atomic mass is 10.1. The molecule has 0 unspecified atom stereocenters. The summed E-state index contributed by atoms with van der Waals surface area (Å²) in [4.78, 5) is 9.30. The molecule has 1 N–H and O–H groups in total. The Kier molecular flexibility index (Phi) is 5.92. The average Bonchev–Trinajstić information content (AvgIpc) is 2.97. The van der Waals surface area contributed by atoms with Crippen molar-refractivity contribution >= 4 is 29.1 Å². The van der Waals surface area contributed by atoms with Crippen LogP contribution < -0.4 is 15.1 Å². The van der Waals surface area contributed by atoms with E-state index in [9.17, 15) is 0 Å². The van der Waals surface area contributed by atoms with Crippen LogP contribution in [0.25, 0.3) is 0 Å². The fraction of sp³-hybridized carbons (Fsp3) is 0.550. The zero-order valence-corrected chi connectivity index (χ0v) is 16.4. The average molecular weight is 387 g/mol. The summed E-state index contributed by atoms with van der Waals surface area (Å²) in [5.74, 6) is 1.57. The monoisotopic (exact) mass is 386 g/mol. The number of hydrogen-bond donors (Lipinski definition) is 1. The third kappa shape index (κ3) is 4.80. The van der Waals surface area contributed by atoms with E-state index < -0.39 is 0 Å². The Morgan fingerprint density at radius 1 is 0.963 bits per heavy atom. The number of anilines is 3. The Balaban J connectivity index is 1.37. The highest BCUT2D eigenvalue weighted by Gasteiger charge is 2.20. The molecule has 1 aromatic carbocycles. The molecule has 1 aromatic heterocycles. The maximum Gasteiger partial charge on any atom is 0.247 e. The molecule has 144 valence electrons. The molecule has 0 amide bonds. The number of piperazine rings is 1. The van der Waals surface area contributed by atoms with Gasteiger partial charge in [-0.05, 0) is 31.0 Å². The van der Waals surface area contributed by atoms with Gasteiger partial charge in [0.05, 0.1) is 6.20 Å². The first-order valence-electron chi connectivity index (χ1n) is 10.00. The molecule has 2 heterocycles. The Bertz CT molecular complexity index is 739. The smallest absolute Gasteiger partial charge is 0.247 e. The second kappa shape index (κ2) is 8.74. The molecule has 6 nitrogen and oxygen atoms in total. The van der Waals surface area contributed by atoms with E-state index in [0.717, 1.165) is 43.0 Å². The predicted molar refractivity (Wildman–Crippen MR) is 111 cm³/mol. The highest BCUT2D eigenvalue weighted by molar-refractivity contribution is 6.30. The van der Waals surface area contributed by atoms with Gasteiger partial charge in [-0.1, -0.05) is 43.4 Å². The minimum atomic E-state index is 0.511. The summed E-state index contributed by atoms with van der Waals surface area (Å²) in [5.41, 5.74) is 1.17. The van der Waals surface area contributed by atoms with Crippen LogP contribution in [0.5, 0.6) is 0 Å². The van der Waals surface area contributed by atoms with Gasteiger partial charge in [-0.25, -0.2) is 0 Å². The van der Waals surface area contributed by atoms with Crippen molar-refractivity contribution in [3.63, 3.8) is 0 Å². The first-order valence-corrected chi connectivity index (χ1v) is 10.4. The van der Waals surface area contributed by atoms with Crippen LogP contribution >= 0.6 is 11.6 Å². The molecule has 1 aliphatic carbocycles. The lowest BCUT2D eigenvalue weighted by Crippen LogP contribution is -2.47. The number of nitrogens with zero attached hydrogens (tertiary/aromatic N) is 5. The van der Waals surface area contributed by atoms with Crippen LogP contribution in [0, 0.1) is 0 Å². The number of hydrogen-bond acceptors (Lipinski definition) is 6. The minimum Gasteiger partial charge on any atom is -0.368 e.